The van der Waals surface area contributed by atoms with Crippen LogP contribution in [-0.2, 0) is 16.6 Å². The Labute approximate surface area is 115 Å². The number of piperidine rings is 1. The number of aromatic nitrogens is 1. The Morgan fingerprint density at radius 3 is 2.68 bits per heavy atom. The van der Waals surface area contributed by atoms with Gasteiger partial charge in [0.15, 0.2) is 0 Å². The molecule has 3 heteroatoms. The molecule has 1 amide bonds. The summed E-state index contributed by atoms with van der Waals surface area (Å²) in [6.07, 6.45) is 4.38. The summed E-state index contributed by atoms with van der Waals surface area (Å²) in [7, 11) is 0. The van der Waals surface area contributed by atoms with Crippen molar-refractivity contribution in [1.82, 2.24) is 10.3 Å². The molecule has 2 rings (SSSR count). The van der Waals surface area contributed by atoms with Gasteiger partial charge in [0.1, 0.15) is 0 Å². The van der Waals surface area contributed by atoms with Gasteiger partial charge in [-0.15, -0.1) is 0 Å². The minimum atomic E-state index is 0.0264. The summed E-state index contributed by atoms with van der Waals surface area (Å²) in [6, 6.07) is 4.15. The van der Waals surface area contributed by atoms with E-state index >= 15 is 0 Å². The largest absolute Gasteiger partial charge is 0.330 e. The Kier molecular flexibility index (Phi) is 3.74. The highest BCUT2D eigenvalue weighted by Crippen LogP contribution is 2.23. The quantitative estimate of drug-likeness (QED) is 0.886. The average molecular weight is 258 g/mol. The Morgan fingerprint density at radius 1 is 1.42 bits per heavy atom. The number of hydrogen-bond donors (Lipinski definition) is 1. The number of nitrogens with zero attached hydrogens (tertiary/aromatic N) is 1. The summed E-state index contributed by atoms with van der Waals surface area (Å²) in [5.74, 6) is 0.108. The van der Waals surface area contributed by atoms with E-state index in [9.17, 15) is 4.79 Å². The summed E-state index contributed by atoms with van der Waals surface area (Å²) < 4.78 is 0. The van der Waals surface area contributed by atoms with E-state index in [1.165, 1.54) is 5.56 Å². The zero-order valence-electron chi connectivity index (χ0n) is 12.0. The van der Waals surface area contributed by atoms with E-state index in [1.54, 1.807) is 0 Å². The van der Waals surface area contributed by atoms with Crippen molar-refractivity contribution >= 4 is 5.91 Å². The van der Waals surface area contributed by atoms with Gasteiger partial charge in [-0.05, 0) is 29.9 Å². The lowest BCUT2D eigenvalue weighted by atomic mass is 9.87. The third-order valence-corrected chi connectivity index (χ3v) is 3.61. The molecular weight excluding hydrogens is 236 g/mol. The third kappa shape index (κ3) is 3.43. The van der Waals surface area contributed by atoms with E-state index in [4.69, 9.17) is 0 Å². The van der Waals surface area contributed by atoms with Crippen LogP contribution >= 0.6 is 0 Å². The number of amides is 1. The minimum absolute atomic E-state index is 0.0264. The highest BCUT2D eigenvalue weighted by Gasteiger charge is 2.24. The smallest absolute Gasteiger partial charge is 0.227 e. The predicted octanol–water partition coefficient (Wildman–Crippen LogP) is 2.96. The molecule has 0 aromatic carbocycles. The van der Waals surface area contributed by atoms with Crippen LogP contribution in [0, 0.1) is 5.92 Å². The number of pyridine rings is 1. The van der Waals surface area contributed by atoms with Crippen molar-refractivity contribution in [2.24, 2.45) is 5.92 Å². The van der Waals surface area contributed by atoms with Gasteiger partial charge >= 0.3 is 0 Å². The second-order valence-electron chi connectivity index (χ2n) is 6.32. The van der Waals surface area contributed by atoms with Crippen molar-refractivity contribution in [2.75, 3.05) is 0 Å². The Balaban J connectivity index is 2.04. The summed E-state index contributed by atoms with van der Waals surface area (Å²) in [4.78, 5) is 16.3. The van der Waals surface area contributed by atoms with E-state index < -0.39 is 0 Å². The molecule has 1 unspecified atom stereocenters. The lowest BCUT2D eigenvalue weighted by Gasteiger charge is -2.23. The zero-order valence-corrected chi connectivity index (χ0v) is 12.0. The first-order chi connectivity index (χ1) is 8.86. The third-order valence-electron chi connectivity index (χ3n) is 3.61. The van der Waals surface area contributed by atoms with E-state index in [-0.39, 0.29) is 17.2 Å². The van der Waals surface area contributed by atoms with Crippen LogP contribution in [0.2, 0.25) is 0 Å². The Morgan fingerprint density at radius 2 is 2.16 bits per heavy atom. The summed E-state index contributed by atoms with van der Waals surface area (Å²) in [5.41, 5.74) is 3.15. The van der Waals surface area contributed by atoms with Gasteiger partial charge < -0.3 is 5.32 Å². The molecule has 0 bridgehead atoms. The number of carbonyl (C=O) groups is 1. The maximum atomic E-state index is 11.8. The van der Waals surface area contributed by atoms with Crippen molar-refractivity contribution < 1.29 is 4.79 Å². The molecule has 0 saturated carbocycles. The fourth-order valence-electron chi connectivity index (χ4n) is 2.25. The van der Waals surface area contributed by atoms with Crippen LogP contribution < -0.4 is 5.32 Å². The molecule has 1 saturated heterocycles. The van der Waals surface area contributed by atoms with Gasteiger partial charge in [-0.1, -0.05) is 33.4 Å². The lowest BCUT2D eigenvalue weighted by molar-refractivity contribution is -0.125. The van der Waals surface area contributed by atoms with Gasteiger partial charge in [0.2, 0.25) is 5.91 Å². The van der Waals surface area contributed by atoms with Crippen LogP contribution in [0.4, 0.5) is 0 Å². The second-order valence-corrected chi connectivity index (χ2v) is 6.32. The second kappa shape index (κ2) is 5.16. The van der Waals surface area contributed by atoms with Gasteiger partial charge in [-0.2, -0.15) is 0 Å². The van der Waals surface area contributed by atoms with E-state index in [0.717, 1.165) is 24.2 Å². The molecule has 0 spiro atoms. The molecule has 1 aromatic rings. The first-order valence-electron chi connectivity index (χ1n) is 6.80. The minimum Gasteiger partial charge on any atom is -0.330 e. The standard InChI is InChI=1S/C16H22N2O/c1-11-5-6-12(15(19)18-11)9-14-8-7-13(10-17-14)16(2,3)4/h7-8,10,12H,1,5-6,9H2,2-4H3,(H,18,19). The van der Waals surface area contributed by atoms with E-state index in [1.807, 2.05) is 12.3 Å². The Hall–Kier alpha value is -1.64. The SMILES string of the molecule is C=C1CCC(Cc2ccc(C(C)(C)C)cn2)C(=O)N1. The first kappa shape index (κ1) is 13.8. The molecule has 1 N–H and O–H groups in total. The van der Waals surface area contributed by atoms with Crippen LogP contribution in [-0.4, -0.2) is 10.9 Å². The molecule has 19 heavy (non-hydrogen) atoms. The molecule has 1 atom stereocenters. The number of hydrogen-bond acceptors (Lipinski definition) is 2. The lowest BCUT2D eigenvalue weighted by Crippen LogP contribution is -2.35. The summed E-state index contributed by atoms with van der Waals surface area (Å²) >= 11 is 0. The van der Waals surface area contributed by atoms with Gasteiger partial charge in [0.05, 0.1) is 0 Å². The van der Waals surface area contributed by atoms with E-state index in [2.05, 4.69) is 43.7 Å². The number of allylic oxidation sites excluding steroid dienone is 1. The number of carbonyl (C=O) groups excluding carboxylic acids is 1. The van der Waals surface area contributed by atoms with Crippen LogP contribution in [0.3, 0.4) is 0 Å². The molecule has 0 aliphatic carbocycles. The van der Waals surface area contributed by atoms with Crippen molar-refractivity contribution in [1.29, 1.82) is 0 Å². The molecule has 3 nitrogen and oxygen atoms in total. The van der Waals surface area contributed by atoms with Crippen LogP contribution in [0.25, 0.3) is 0 Å². The highest BCUT2D eigenvalue weighted by atomic mass is 16.1. The Bertz CT molecular complexity index is 482. The number of nitrogens with one attached hydrogen (secondary N) is 1. The van der Waals surface area contributed by atoms with Crippen LogP contribution in [0.1, 0.15) is 44.9 Å². The van der Waals surface area contributed by atoms with Crippen LogP contribution in [0.15, 0.2) is 30.6 Å². The summed E-state index contributed by atoms with van der Waals surface area (Å²) in [5, 5.41) is 2.82. The molecule has 0 radical (unpaired) electrons. The molecule has 1 fully saturated rings. The van der Waals surface area contributed by atoms with Gasteiger partial charge in [-0.25, -0.2) is 0 Å². The van der Waals surface area contributed by atoms with Gasteiger partial charge in [0.25, 0.3) is 0 Å². The maximum Gasteiger partial charge on any atom is 0.227 e. The molecule has 2 heterocycles. The summed E-state index contributed by atoms with van der Waals surface area (Å²) in [6.45, 7) is 10.3. The zero-order chi connectivity index (χ0) is 14.0. The van der Waals surface area contributed by atoms with Crippen molar-refractivity contribution in [3.8, 4) is 0 Å². The topological polar surface area (TPSA) is 42.0 Å². The average Bonchev–Trinajstić information content (AvgIpc) is 2.32. The molecule has 1 aliphatic heterocycles. The van der Waals surface area contributed by atoms with Gasteiger partial charge in [0, 0.05) is 29.9 Å². The maximum absolute atomic E-state index is 11.8. The predicted molar refractivity (Wildman–Crippen MR) is 76.6 cm³/mol. The molecule has 1 aromatic heterocycles. The van der Waals surface area contributed by atoms with Crippen LogP contribution in [0.5, 0.6) is 0 Å². The monoisotopic (exact) mass is 258 g/mol. The van der Waals surface area contributed by atoms with Crippen molar-refractivity contribution in [3.63, 3.8) is 0 Å². The molecule has 102 valence electrons. The van der Waals surface area contributed by atoms with Crippen molar-refractivity contribution in [2.45, 2.75) is 45.4 Å². The van der Waals surface area contributed by atoms with E-state index in [0.29, 0.717) is 6.42 Å². The van der Waals surface area contributed by atoms with Crippen molar-refractivity contribution in [3.05, 3.63) is 41.9 Å². The molecule has 1 aliphatic rings. The molecular formula is C16H22N2O. The number of rotatable bonds is 2. The normalized spacial score (nSPS) is 20.3. The fourth-order valence-corrected chi connectivity index (χ4v) is 2.25. The first-order valence-corrected chi connectivity index (χ1v) is 6.80. The highest BCUT2D eigenvalue weighted by molar-refractivity contribution is 5.81. The fraction of sp³-hybridized carbons (Fsp3) is 0.500. The van der Waals surface area contributed by atoms with Gasteiger partial charge in [-0.3, -0.25) is 9.78 Å².